The summed E-state index contributed by atoms with van der Waals surface area (Å²) in [6, 6.07) is 0. The fourth-order valence-corrected chi connectivity index (χ4v) is 3.19. The highest BCUT2D eigenvalue weighted by Crippen LogP contribution is 2.26. The predicted molar refractivity (Wildman–Crippen MR) is 102 cm³/mol. The molecule has 148 valence electrons. The minimum atomic E-state index is -1.47. The van der Waals surface area contributed by atoms with Gasteiger partial charge in [-0.05, 0) is 32.1 Å². The molecule has 1 aliphatic heterocycles. The van der Waals surface area contributed by atoms with Crippen LogP contribution in [0, 0.1) is 0 Å². The van der Waals surface area contributed by atoms with E-state index in [2.05, 4.69) is 19.1 Å². The van der Waals surface area contributed by atoms with E-state index in [4.69, 9.17) is 14.6 Å². The van der Waals surface area contributed by atoms with Crippen LogP contribution in [0.25, 0.3) is 0 Å². The lowest BCUT2D eigenvalue weighted by Crippen LogP contribution is -2.30. The first-order chi connectivity index (χ1) is 12.2. The van der Waals surface area contributed by atoms with Gasteiger partial charge in [0.05, 0.1) is 13.2 Å². The van der Waals surface area contributed by atoms with Gasteiger partial charge in [-0.15, -0.1) is 0 Å². The number of ether oxygens (including phenoxy) is 2. The summed E-state index contributed by atoms with van der Waals surface area (Å²) in [6.45, 7) is 2.43. The minimum Gasteiger partial charge on any atom is -0.394 e. The van der Waals surface area contributed by atoms with Crippen LogP contribution in [-0.4, -0.2) is 35.5 Å². The number of allylic oxidation sites excluding steroid dienone is 2. The van der Waals surface area contributed by atoms with E-state index in [1.807, 2.05) is 0 Å². The fraction of sp³-hybridized carbons (Fsp3) is 0.905. The molecule has 1 fully saturated rings. The quantitative estimate of drug-likeness (QED) is 0.299. The number of hydrogen-bond donors (Lipinski definition) is 2. The second-order valence-electron chi connectivity index (χ2n) is 7.28. The summed E-state index contributed by atoms with van der Waals surface area (Å²) in [5.74, 6) is -1.47. The molecule has 0 aromatic rings. The van der Waals surface area contributed by atoms with Gasteiger partial charge in [-0.2, -0.15) is 0 Å². The normalized spacial score (nSPS) is 23.7. The lowest BCUT2D eigenvalue weighted by Gasteiger charge is -2.20. The third kappa shape index (κ3) is 11.7. The van der Waals surface area contributed by atoms with Crippen molar-refractivity contribution in [3.63, 3.8) is 0 Å². The maximum Gasteiger partial charge on any atom is 0.280 e. The lowest BCUT2D eigenvalue weighted by molar-refractivity contribution is -0.316. The molecule has 0 amide bonds. The van der Waals surface area contributed by atoms with Crippen LogP contribution in [0.5, 0.6) is 0 Å². The van der Waals surface area contributed by atoms with Crippen LogP contribution in [0.15, 0.2) is 12.2 Å². The maximum atomic E-state index is 10.0. The summed E-state index contributed by atoms with van der Waals surface area (Å²) in [7, 11) is 0. The van der Waals surface area contributed by atoms with Gasteiger partial charge in [-0.1, -0.05) is 70.4 Å². The Kier molecular flexibility index (Phi) is 13.3. The van der Waals surface area contributed by atoms with E-state index < -0.39 is 5.97 Å². The van der Waals surface area contributed by atoms with E-state index in [0.29, 0.717) is 6.42 Å². The van der Waals surface area contributed by atoms with E-state index in [-0.39, 0.29) is 19.3 Å². The van der Waals surface area contributed by atoms with Crippen LogP contribution in [0.2, 0.25) is 0 Å². The van der Waals surface area contributed by atoms with E-state index in [1.54, 1.807) is 0 Å². The largest absolute Gasteiger partial charge is 0.394 e. The molecule has 2 unspecified atom stereocenters. The van der Waals surface area contributed by atoms with Crippen molar-refractivity contribution in [1.82, 2.24) is 0 Å². The zero-order valence-electron chi connectivity index (χ0n) is 16.3. The molecular weight excluding hydrogens is 316 g/mol. The molecule has 1 aliphatic rings. The van der Waals surface area contributed by atoms with Crippen LogP contribution < -0.4 is 0 Å². The van der Waals surface area contributed by atoms with Crippen LogP contribution in [0.1, 0.15) is 96.8 Å². The molecule has 0 bridgehead atoms. The summed E-state index contributed by atoms with van der Waals surface area (Å²) >= 11 is 0. The Morgan fingerprint density at radius 2 is 1.44 bits per heavy atom. The highest BCUT2D eigenvalue weighted by atomic mass is 16.9. The van der Waals surface area contributed by atoms with Gasteiger partial charge in [0, 0.05) is 6.42 Å². The van der Waals surface area contributed by atoms with Crippen molar-refractivity contribution in [2.45, 2.75) is 109 Å². The van der Waals surface area contributed by atoms with Crippen molar-refractivity contribution in [2.75, 3.05) is 13.2 Å². The molecule has 25 heavy (non-hydrogen) atoms. The van der Waals surface area contributed by atoms with Gasteiger partial charge >= 0.3 is 0 Å². The van der Waals surface area contributed by atoms with E-state index >= 15 is 0 Å². The van der Waals surface area contributed by atoms with Crippen LogP contribution in [0.4, 0.5) is 0 Å². The summed E-state index contributed by atoms with van der Waals surface area (Å²) in [5.41, 5.74) is 0. The lowest BCUT2D eigenvalue weighted by atomic mass is 10.1. The van der Waals surface area contributed by atoms with Gasteiger partial charge in [-0.3, -0.25) is 0 Å². The second kappa shape index (κ2) is 14.7. The molecule has 0 aliphatic carbocycles. The van der Waals surface area contributed by atoms with E-state index in [1.165, 1.54) is 70.6 Å². The molecule has 1 heterocycles. The topological polar surface area (TPSA) is 58.9 Å². The number of aliphatic hydroxyl groups excluding tert-OH is 1. The number of hydrogen-bond acceptors (Lipinski definition) is 4. The van der Waals surface area contributed by atoms with Gasteiger partial charge in [0.25, 0.3) is 5.97 Å². The first-order valence-electron chi connectivity index (χ1n) is 10.5. The van der Waals surface area contributed by atoms with Crippen molar-refractivity contribution in [1.29, 1.82) is 0 Å². The van der Waals surface area contributed by atoms with Crippen LogP contribution in [0.3, 0.4) is 0 Å². The minimum absolute atomic E-state index is 0.102. The molecule has 4 heteroatoms. The Morgan fingerprint density at radius 3 is 2.00 bits per heavy atom. The highest BCUT2D eigenvalue weighted by Gasteiger charge is 2.38. The Labute approximate surface area is 154 Å². The van der Waals surface area contributed by atoms with Crippen molar-refractivity contribution in [2.24, 2.45) is 0 Å². The Balaban J connectivity index is 1.82. The fourth-order valence-electron chi connectivity index (χ4n) is 3.19. The molecule has 0 aromatic heterocycles. The first kappa shape index (κ1) is 22.6. The standard InChI is InChI=1S/C21H40O4/c1-2-3-4-5-6-7-8-9-10-11-12-13-14-15-16-17-21(23)24-19-20(18-22)25-21/h9-10,20,22-23H,2-8,11-19H2,1H3/b10-9-. The van der Waals surface area contributed by atoms with Gasteiger partial charge in [0.2, 0.25) is 0 Å². The SMILES string of the molecule is CCCCCCCC/C=C\CCCCCCCC1(O)OCC(CO)O1. The molecule has 0 radical (unpaired) electrons. The van der Waals surface area contributed by atoms with Crippen molar-refractivity contribution in [3.8, 4) is 0 Å². The highest BCUT2D eigenvalue weighted by molar-refractivity contribution is 4.81. The van der Waals surface area contributed by atoms with E-state index in [0.717, 1.165) is 12.8 Å². The third-order valence-electron chi connectivity index (χ3n) is 4.80. The molecule has 1 saturated heterocycles. The number of aliphatic hydroxyl groups is 2. The monoisotopic (exact) mass is 356 g/mol. The number of rotatable bonds is 16. The average Bonchev–Trinajstić information content (AvgIpc) is 3.00. The third-order valence-corrected chi connectivity index (χ3v) is 4.80. The molecule has 4 nitrogen and oxygen atoms in total. The summed E-state index contributed by atoms with van der Waals surface area (Å²) in [4.78, 5) is 0. The molecule has 1 rings (SSSR count). The molecular formula is C21H40O4. The van der Waals surface area contributed by atoms with Gasteiger partial charge in [0.1, 0.15) is 6.10 Å². The van der Waals surface area contributed by atoms with Crippen molar-refractivity contribution in [3.05, 3.63) is 12.2 Å². The molecule has 0 saturated carbocycles. The Morgan fingerprint density at radius 1 is 0.880 bits per heavy atom. The Bertz CT molecular complexity index is 332. The summed E-state index contributed by atoms with van der Waals surface area (Å²) < 4.78 is 10.5. The molecule has 2 atom stereocenters. The summed E-state index contributed by atoms with van der Waals surface area (Å²) in [6.07, 6.45) is 21.1. The average molecular weight is 357 g/mol. The predicted octanol–water partition coefficient (Wildman–Crippen LogP) is 5.08. The zero-order valence-corrected chi connectivity index (χ0v) is 16.3. The van der Waals surface area contributed by atoms with Crippen molar-refractivity contribution < 1.29 is 19.7 Å². The van der Waals surface area contributed by atoms with Gasteiger partial charge in [-0.25, -0.2) is 0 Å². The zero-order chi connectivity index (χ0) is 18.2. The maximum absolute atomic E-state index is 10.0. The van der Waals surface area contributed by atoms with Crippen LogP contribution >= 0.6 is 0 Å². The number of unbranched alkanes of at least 4 members (excludes halogenated alkanes) is 11. The second-order valence-corrected chi connectivity index (χ2v) is 7.28. The molecule has 0 aromatic carbocycles. The summed E-state index contributed by atoms with van der Waals surface area (Å²) in [5, 5.41) is 19.0. The van der Waals surface area contributed by atoms with Crippen LogP contribution in [-0.2, 0) is 9.47 Å². The first-order valence-corrected chi connectivity index (χ1v) is 10.5. The van der Waals surface area contributed by atoms with E-state index in [9.17, 15) is 5.11 Å². The Hall–Kier alpha value is -0.420. The van der Waals surface area contributed by atoms with Crippen molar-refractivity contribution >= 4 is 0 Å². The molecule has 0 spiro atoms. The smallest absolute Gasteiger partial charge is 0.280 e. The molecule has 2 N–H and O–H groups in total. The van der Waals surface area contributed by atoms with Gasteiger partial charge < -0.3 is 19.7 Å². The van der Waals surface area contributed by atoms with Gasteiger partial charge in [0.15, 0.2) is 0 Å².